The van der Waals surface area contributed by atoms with Gasteiger partial charge in [-0.1, -0.05) is 20.8 Å². The van der Waals surface area contributed by atoms with Gasteiger partial charge in [0.2, 0.25) is 0 Å². The molecule has 2 rings (SSSR count). The number of halogens is 1. The molecule has 0 aliphatic heterocycles. The maximum atomic E-state index is 12.4. The smallest absolute Gasteiger partial charge is 0.141 e. The molecule has 2 nitrogen and oxygen atoms in total. The molecule has 0 saturated heterocycles. The second-order valence-corrected chi connectivity index (χ2v) is 7.94. The molecular weight excluding hydrogens is 314 g/mol. The lowest BCUT2D eigenvalue weighted by atomic mass is 9.69. The van der Waals surface area contributed by atoms with Gasteiger partial charge in [-0.15, -0.1) is 0 Å². The van der Waals surface area contributed by atoms with E-state index in [0.29, 0.717) is 17.6 Å². The SMILES string of the molecule is CC(C)(C)C1CCC(C(=O)Cc2ccc(Br)cn2)CC1. The van der Waals surface area contributed by atoms with Crippen LogP contribution in [-0.4, -0.2) is 10.8 Å². The molecule has 3 heteroatoms. The van der Waals surface area contributed by atoms with E-state index >= 15 is 0 Å². The monoisotopic (exact) mass is 337 g/mol. The van der Waals surface area contributed by atoms with Crippen molar-refractivity contribution in [1.29, 1.82) is 0 Å². The number of pyridine rings is 1. The lowest BCUT2D eigenvalue weighted by Gasteiger charge is -2.36. The molecule has 0 radical (unpaired) electrons. The molecule has 1 aliphatic rings. The third-order valence-electron chi connectivity index (χ3n) is 4.55. The fourth-order valence-corrected chi connectivity index (χ4v) is 3.35. The number of aromatic nitrogens is 1. The first-order valence-electron chi connectivity index (χ1n) is 7.49. The summed E-state index contributed by atoms with van der Waals surface area (Å²) >= 11 is 3.37. The number of carbonyl (C=O) groups is 1. The van der Waals surface area contributed by atoms with Gasteiger partial charge in [0.1, 0.15) is 5.78 Å². The Bertz CT molecular complexity index is 453. The highest BCUT2D eigenvalue weighted by molar-refractivity contribution is 9.10. The molecule has 1 aromatic rings. The Morgan fingerprint density at radius 3 is 2.40 bits per heavy atom. The fourth-order valence-electron chi connectivity index (χ4n) is 3.12. The molecule has 1 saturated carbocycles. The van der Waals surface area contributed by atoms with Gasteiger partial charge in [-0.2, -0.15) is 0 Å². The van der Waals surface area contributed by atoms with Crippen LogP contribution in [0.5, 0.6) is 0 Å². The maximum absolute atomic E-state index is 12.4. The first-order chi connectivity index (χ1) is 9.36. The summed E-state index contributed by atoms with van der Waals surface area (Å²) in [5.41, 5.74) is 1.26. The highest BCUT2D eigenvalue weighted by Gasteiger charge is 2.32. The summed E-state index contributed by atoms with van der Waals surface area (Å²) in [5.74, 6) is 1.38. The van der Waals surface area contributed by atoms with E-state index in [9.17, 15) is 4.79 Å². The number of hydrogen-bond acceptors (Lipinski definition) is 2. The number of nitrogens with zero attached hydrogens (tertiary/aromatic N) is 1. The van der Waals surface area contributed by atoms with E-state index in [1.54, 1.807) is 6.20 Å². The Morgan fingerprint density at radius 2 is 1.90 bits per heavy atom. The average Bonchev–Trinajstić information content (AvgIpc) is 2.40. The largest absolute Gasteiger partial charge is 0.299 e. The Morgan fingerprint density at radius 1 is 1.25 bits per heavy atom. The molecule has 0 spiro atoms. The average molecular weight is 338 g/mol. The van der Waals surface area contributed by atoms with Crippen molar-refractivity contribution >= 4 is 21.7 Å². The number of hydrogen-bond donors (Lipinski definition) is 0. The molecule has 1 aromatic heterocycles. The molecule has 0 amide bonds. The van der Waals surface area contributed by atoms with Crippen LogP contribution in [0, 0.1) is 17.3 Å². The van der Waals surface area contributed by atoms with Crippen molar-refractivity contribution in [1.82, 2.24) is 4.98 Å². The lowest BCUT2D eigenvalue weighted by molar-refractivity contribution is -0.123. The molecule has 1 fully saturated rings. The van der Waals surface area contributed by atoms with E-state index in [1.807, 2.05) is 12.1 Å². The zero-order valence-corrected chi connectivity index (χ0v) is 14.2. The van der Waals surface area contributed by atoms with Crippen LogP contribution >= 0.6 is 15.9 Å². The molecule has 110 valence electrons. The topological polar surface area (TPSA) is 30.0 Å². The van der Waals surface area contributed by atoms with Crippen LogP contribution < -0.4 is 0 Å². The summed E-state index contributed by atoms with van der Waals surface area (Å²) in [5, 5.41) is 0. The zero-order chi connectivity index (χ0) is 14.8. The molecule has 0 N–H and O–H groups in total. The van der Waals surface area contributed by atoms with Crippen LogP contribution in [0.25, 0.3) is 0 Å². The highest BCUT2D eigenvalue weighted by Crippen LogP contribution is 2.40. The fraction of sp³-hybridized carbons (Fsp3) is 0.647. The normalized spacial score (nSPS) is 23.6. The Hall–Kier alpha value is -0.700. The molecule has 0 aromatic carbocycles. The van der Waals surface area contributed by atoms with Crippen LogP contribution in [0.15, 0.2) is 22.8 Å². The van der Waals surface area contributed by atoms with Gasteiger partial charge in [0.25, 0.3) is 0 Å². The standard InChI is InChI=1S/C17H24BrNO/c1-17(2,3)13-6-4-12(5-7-13)16(20)10-15-9-8-14(18)11-19-15/h8-9,11-13H,4-7,10H2,1-3H3. The Labute approximate surface area is 130 Å². The zero-order valence-electron chi connectivity index (χ0n) is 12.7. The van der Waals surface area contributed by atoms with Crippen LogP contribution in [-0.2, 0) is 11.2 Å². The second-order valence-electron chi connectivity index (χ2n) is 7.03. The molecule has 1 heterocycles. The van der Waals surface area contributed by atoms with Gasteiger partial charge in [-0.05, 0) is 65.1 Å². The van der Waals surface area contributed by atoms with Gasteiger partial charge in [0.15, 0.2) is 0 Å². The summed E-state index contributed by atoms with van der Waals surface area (Å²) in [4.78, 5) is 16.7. The summed E-state index contributed by atoms with van der Waals surface area (Å²) in [7, 11) is 0. The predicted octanol–water partition coefficient (Wildman–Crippen LogP) is 4.81. The summed E-state index contributed by atoms with van der Waals surface area (Å²) < 4.78 is 0.958. The van der Waals surface area contributed by atoms with Gasteiger partial charge in [-0.25, -0.2) is 0 Å². The Balaban J connectivity index is 1.87. The van der Waals surface area contributed by atoms with E-state index < -0.39 is 0 Å². The first-order valence-corrected chi connectivity index (χ1v) is 8.28. The summed E-state index contributed by atoms with van der Waals surface area (Å²) in [6.45, 7) is 6.93. The summed E-state index contributed by atoms with van der Waals surface area (Å²) in [6, 6.07) is 3.88. The van der Waals surface area contributed by atoms with Crippen molar-refractivity contribution in [2.24, 2.45) is 17.3 Å². The number of rotatable bonds is 3. The van der Waals surface area contributed by atoms with Gasteiger partial charge in [-0.3, -0.25) is 9.78 Å². The van der Waals surface area contributed by atoms with E-state index in [-0.39, 0.29) is 5.92 Å². The van der Waals surface area contributed by atoms with E-state index in [0.717, 1.165) is 28.9 Å². The Kier molecular flexibility index (Phi) is 5.00. The highest BCUT2D eigenvalue weighted by atomic mass is 79.9. The van der Waals surface area contributed by atoms with Gasteiger partial charge < -0.3 is 0 Å². The van der Waals surface area contributed by atoms with Crippen LogP contribution in [0.1, 0.15) is 52.1 Å². The van der Waals surface area contributed by atoms with E-state index in [1.165, 1.54) is 12.8 Å². The molecule has 20 heavy (non-hydrogen) atoms. The van der Waals surface area contributed by atoms with Crippen LogP contribution in [0.4, 0.5) is 0 Å². The third kappa shape index (κ3) is 4.15. The van der Waals surface area contributed by atoms with Crippen molar-refractivity contribution < 1.29 is 4.79 Å². The van der Waals surface area contributed by atoms with Crippen molar-refractivity contribution in [2.45, 2.75) is 52.9 Å². The number of carbonyl (C=O) groups excluding carboxylic acids is 1. The van der Waals surface area contributed by atoms with Gasteiger partial charge >= 0.3 is 0 Å². The van der Waals surface area contributed by atoms with Crippen LogP contribution in [0.2, 0.25) is 0 Å². The van der Waals surface area contributed by atoms with E-state index in [4.69, 9.17) is 0 Å². The second kappa shape index (κ2) is 6.38. The van der Waals surface area contributed by atoms with Crippen molar-refractivity contribution in [2.75, 3.05) is 0 Å². The minimum atomic E-state index is 0.249. The quantitative estimate of drug-likeness (QED) is 0.792. The van der Waals surface area contributed by atoms with Crippen LogP contribution in [0.3, 0.4) is 0 Å². The molecule has 0 unspecified atom stereocenters. The molecule has 1 aliphatic carbocycles. The van der Waals surface area contributed by atoms with Crippen molar-refractivity contribution in [3.63, 3.8) is 0 Å². The molecule has 0 atom stereocenters. The lowest BCUT2D eigenvalue weighted by Crippen LogP contribution is -2.29. The van der Waals surface area contributed by atoms with Gasteiger partial charge in [0.05, 0.1) is 0 Å². The van der Waals surface area contributed by atoms with Gasteiger partial charge in [0, 0.05) is 28.7 Å². The van der Waals surface area contributed by atoms with E-state index in [2.05, 4.69) is 41.7 Å². The van der Waals surface area contributed by atoms with Crippen molar-refractivity contribution in [3.05, 3.63) is 28.5 Å². The minimum absolute atomic E-state index is 0.249. The van der Waals surface area contributed by atoms with Crippen molar-refractivity contribution in [3.8, 4) is 0 Å². The summed E-state index contributed by atoms with van der Waals surface area (Å²) in [6.07, 6.45) is 6.73. The molecule has 0 bridgehead atoms. The minimum Gasteiger partial charge on any atom is -0.299 e. The maximum Gasteiger partial charge on any atom is 0.141 e. The number of Topliss-reactive ketones (excluding diaryl/α,β-unsaturated/α-hetero) is 1. The first kappa shape index (κ1) is 15.7. The third-order valence-corrected chi connectivity index (χ3v) is 5.02. The number of ketones is 1. The molecular formula is C17H24BrNO. The predicted molar refractivity (Wildman–Crippen MR) is 85.6 cm³/mol.